The minimum Gasteiger partial charge on any atom is -0.355 e. The average molecular weight is 436 g/mol. The zero-order chi connectivity index (χ0) is 20.1. The molecule has 0 aromatic heterocycles. The lowest BCUT2D eigenvalue weighted by molar-refractivity contribution is -0.130. The smallest absolute Gasteiger partial charge is 0.234 e. The van der Waals surface area contributed by atoms with Crippen LogP contribution in [-0.2, 0) is 16.1 Å². The molecule has 0 radical (unpaired) electrons. The highest BCUT2D eigenvalue weighted by Gasteiger charge is 2.35. The molecule has 0 spiro atoms. The molecular formula is C20H19Cl2N3O2S. The van der Waals surface area contributed by atoms with Crippen molar-refractivity contribution >= 4 is 57.6 Å². The van der Waals surface area contributed by atoms with Crippen molar-refractivity contribution in [3.8, 4) is 0 Å². The Hall–Kier alpha value is -2.02. The van der Waals surface area contributed by atoms with Crippen LogP contribution in [-0.4, -0.2) is 33.7 Å². The molecule has 1 N–H and O–H groups in total. The van der Waals surface area contributed by atoms with Gasteiger partial charge in [0.15, 0.2) is 5.17 Å². The van der Waals surface area contributed by atoms with Gasteiger partial charge in [0.05, 0.1) is 17.5 Å². The quantitative estimate of drug-likeness (QED) is 0.742. The van der Waals surface area contributed by atoms with Crippen LogP contribution in [0.2, 0.25) is 10.0 Å². The Balaban J connectivity index is 1.90. The van der Waals surface area contributed by atoms with Crippen molar-refractivity contribution in [2.45, 2.75) is 25.1 Å². The third-order valence-electron chi connectivity index (χ3n) is 4.09. The second-order valence-electron chi connectivity index (χ2n) is 6.18. The number of amidine groups is 1. The van der Waals surface area contributed by atoms with Crippen LogP contribution in [0.25, 0.3) is 0 Å². The van der Waals surface area contributed by atoms with E-state index in [0.29, 0.717) is 34.0 Å². The Labute approximate surface area is 178 Å². The lowest BCUT2D eigenvalue weighted by atomic mass is 10.2. The summed E-state index contributed by atoms with van der Waals surface area (Å²) in [6, 6.07) is 14.3. The van der Waals surface area contributed by atoms with Gasteiger partial charge in [-0.25, -0.2) is 4.99 Å². The molecule has 1 atom stereocenters. The van der Waals surface area contributed by atoms with Crippen molar-refractivity contribution in [1.29, 1.82) is 0 Å². The second-order valence-corrected chi connectivity index (χ2v) is 8.23. The maximum Gasteiger partial charge on any atom is 0.234 e. The fourth-order valence-corrected chi connectivity index (χ4v) is 4.06. The molecular weight excluding hydrogens is 417 g/mol. The third-order valence-corrected chi connectivity index (χ3v) is 5.78. The normalized spacial score (nSPS) is 18.4. The molecule has 5 nitrogen and oxygen atoms in total. The fourth-order valence-electron chi connectivity index (χ4n) is 2.68. The lowest BCUT2D eigenvalue weighted by Crippen LogP contribution is -2.46. The summed E-state index contributed by atoms with van der Waals surface area (Å²) in [7, 11) is 0. The standard InChI is InChI=1S/C20H19Cl2N3O2S/c1-2-23-19(27)17-11-18(26)25(12-13-3-5-14(21)6-4-13)20(28-17)24-16-9-7-15(22)8-10-16/h3-10,17H,2,11-12H2,1H3,(H,23,27). The molecule has 2 amide bonds. The predicted octanol–water partition coefficient (Wildman–Crippen LogP) is 4.65. The Kier molecular flexibility index (Phi) is 6.99. The average Bonchev–Trinajstić information content (AvgIpc) is 2.67. The van der Waals surface area contributed by atoms with Gasteiger partial charge in [0.2, 0.25) is 11.8 Å². The first-order valence-corrected chi connectivity index (χ1v) is 10.4. The first-order chi connectivity index (χ1) is 13.5. The number of hydrogen-bond donors (Lipinski definition) is 1. The summed E-state index contributed by atoms with van der Waals surface area (Å²) < 4.78 is 0. The number of nitrogens with zero attached hydrogens (tertiary/aromatic N) is 2. The molecule has 1 fully saturated rings. The highest BCUT2D eigenvalue weighted by atomic mass is 35.5. The Morgan fingerprint density at radius 1 is 1.14 bits per heavy atom. The molecule has 0 aliphatic carbocycles. The molecule has 1 aliphatic heterocycles. The highest BCUT2D eigenvalue weighted by molar-refractivity contribution is 8.15. The number of rotatable bonds is 5. The van der Waals surface area contributed by atoms with Crippen molar-refractivity contribution in [1.82, 2.24) is 10.2 Å². The SMILES string of the molecule is CCNC(=O)C1CC(=O)N(Cc2ccc(Cl)cc2)C(=Nc2ccc(Cl)cc2)S1. The molecule has 0 saturated carbocycles. The van der Waals surface area contributed by atoms with E-state index in [1.54, 1.807) is 41.3 Å². The number of carbonyl (C=O) groups is 2. The molecule has 1 saturated heterocycles. The van der Waals surface area contributed by atoms with Gasteiger partial charge >= 0.3 is 0 Å². The van der Waals surface area contributed by atoms with Gasteiger partial charge in [-0.3, -0.25) is 14.5 Å². The molecule has 2 aromatic rings. The zero-order valence-corrected chi connectivity index (χ0v) is 17.5. The van der Waals surface area contributed by atoms with Crippen LogP contribution in [0.3, 0.4) is 0 Å². The van der Waals surface area contributed by atoms with Crippen LogP contribution in [0.4, 0.5) is 5.69 Å². The molecule has 28 heavy (non-hydrogen) atoms. The minimum absolute atomic E-state index is 0.129. The zero-order valence-electron chi connectivity index (χ0n) is 15.2. The number of amides is 2. The van der Waals surface area contributed by atoms with E-state index in [0.717, 1.165) is 5.56 Å². The summed E-state index contributed by atoms with van der Waals surface area (Å²) in [5, 5.41) is 4.01. The van der Waals surface area contributed by atoms with Crippen molar-refractivity contribution in [2.75, 3.05) is 6.54 Å². The Morgan fingerprint density at radius 2 is 1.75 bits per heavy atom. The predicted molar refractivity (Wildman–Crippen MR) is 115 cm³/mol. The van der Waals surface area contributed by atoms with Crippen molar-refractivity contribution in [3.63, 3.8) is 0 Å². The summed E-state index contributed by atoms with van der Waals surface area (Å²) in [6.45, 7) is 2.72. The van der Waals surface area contributed by atoms with Crippen LogP contribution < -0.4 is 5.32 Å². The number of aliphatic imine (C=N–C) groups is 1. The van der Waals surface area contributed by atoms with Gasteiger partial charge in [0, 0.05) is 23.0 Å². The van der Waals surface area contributed by atoms with Crippen LogP contribution in [0.15, 0.2) is 53.5 Å². The maximum atomic E-state index is 12.8. The van der Waals surface area contributed by atoms with Gasteiger partial charge in [0.25, 0.3) is 0 Å². The molecule has 1 unspecified atom stereocenters. The van der Waals surface area contributed by atoms with Gasteiger partial charge in [-0.2, -0.15) is 0 Å². The lowest BCUT2D eigenvalue weighted by Gasteiger charge is -2.31. The van der Waals surface area contributed by atoms with E-state index in [1.165, 1.54) is 11.8 Å². The first kappa shape index (κ1) is 20.7. The first-order valence-electron chi connectivity index (χ1n) is 8.79. The summed E-state index contributed by atoms with van der Waals surface area (Å²) >= 11 is 13.2. The number of nitrogens with one attached hydrogen (secondary N) is 1. The molecule has 1 aliphatic rings. The topological polar surface area (TPSA) is 61.8 Å². The monoisotopic (exact) mass is 435 g/mol. The van der Waals surface area contributed by atoms with Crippen LogP contribution >= 0.6 is 35.0 Å². The second kappa shape index (κ2) is 9.45. The highest BCUT2D eigenvalue weighted by Crippen LogP contribution is 2.30. The number of benzene rings is 2. The Bertz CT molecular complexity index is 885. The molecule has 2 aromatic carbocycles. The number of hydrogen-bond acceptors (Lipinski definition) is 4. The van der Waals surface area contributed by atoms with E-state index in [4.69, 9.17) is 23.2 Å². The van der Waals surface area contributed by atoms with Gasteiger partial charge in [-0.1, -0.05) is 47.1 Å². The van der Waals surface area contributed by atoms with Crippen molar-refractivity contribution in [2.24, 2.45) is 4.99 Å². The van der Waals surface area contributed by atoms with E-state index < -0.39 is 5.25 Å². The van der Waals surface area contributed by atoms with Crippen molar-refractivity contribution < 1.29 is 9.59 Å². The third kappa shape index (κ3) is 5.28. The van der Waals surface area contributed by atoms with Crippen LogP contribution in [0.5, 0.6) is 0 Å². The Morgan fingerprint density at radius 3 is 2.36 bits per heavy atom. The van der Waals surface area contributed by atoms with Gasteiger partial charge in [-0.15, -0.1) is 0 Å². The summed E-state index contributed by atoms with van der Waals surface area (Å²) in [5.74, 6) is -0.298. The minimum atomic E-state index is -0.500. The summed E-state index contributed by atoms with van der Waals surface area (Å²) in [4.78, 5) is 31.4. The fraction of sp³-hybridized carbons (Fsp3) is 0.250. The van der Waals surface area contributed by atoms with Crippen LogP contribution in [0, 0.1) is 0 Å². The molecule has 3 rings (SSSR count). The van der Waals surface area contributed by atoms with E-state index in [2.05, 4.69) is 10.3 Å². The largest absolute Gasteiger partial charge is 0.355 e. The van der Waals surface area contributed by atoms with E-state index >= 15 is 0 Å². The molecule has 8 heteroatoms. The van der Waals surface area contributed by atoms with Crippen LogP contribution in [0.1, 0.15) is 18.9 Å². The van der Waals surface area contributed by atoms with Gasteiger partial charge < -0.3 is 5.32 Å². The maximum absolute atomic E-state index is 12.8. The number of carbonyl (C=O) groups excluding carboxylic acids is 2. The number of thioether (sulfide) groups is 1. The van der Waals surface area contributed by atoms with Crippen molar-refractivity contribution in [3.05, 3.63) is 64.1 Å². The molecule has 0 bridgehead atoms. The summed E-state index contributed by atoms with van der Waals surface area (Å²) in [5.41, 5.74) is 1.59. The number of halogens is 2. The van der Waals surface area contributed by atoms with E-state index in [1.807, 2.05) is 19.1 Å². The molecule has 146 valence electrons. The summed E-state index contributed by atoms with van der Waals surface area (Å²) in [6.07, 6.45) is 0.129. The molecule has 1 heterocycles. The van der Waals surface area contributed by atoms with Gasteiger partial charge in [-0.05, 0) is 48.9 Å². The van der Waals surface area contributed by atoms with E-state index in [-0.39, 0.29) is 18.2 Å². The van der Waals surface area contributed by atoms with E-state index in [9.17, 15) is 9.59 Å². The van der Waals surface area contributed by atoms with Gasteiger partial charge in [0.1, 0.15) is 0 Å².